The van der Waals surface area contributed by atoms with Crippen LogP contribution < -0.4 is 0 Å². The van der Waals surface area contributed by atoms with E-state index in [4.69, 9.17) is 11.6 Å². The van der Waals surface area contributed by atoms with Crippen molar-refractivity contribution in [2.24, 2.45) is 0 Å². The van der Waals surface area contributed by atoms with Crippen LogP contribution in [0.5, 0.6) is 0 Å². The standard InChI is InChI=1S/C9H14ClN/c1-2-3-5-8(10)9-6-4-7-11-9/h4,6-8,11H,2-3,5H2,1H3. The van der Waals surface area contributed by atoms with Crippen molar-refractivity contribution in [3.63, 3.8) is 0 Å². The van der Waals surface area contributed by atoms with E-state index in [0.29, 0.717) is 0 Å². The van der Waals surface area contributed by atoms with E-state index in [-0.39, 0.29) is 5.38 Å². The molecule has 2 heteroatoms. The number of hydrogen-bond acceptors (Lipinski definition) is 0. The fraction of sp³-hybridized carbons (Fsp3) is 0.556. The smallest absolute Gasteiger partial charge is 0.0735 e. The monoisotopic (exact) mass is 171 g/mol. The topological polar surface area (TPSA) is 15.8 Å². The minimum Gasteiger partial charge on any atom is -0.364 e. The molecule has 1 aromatic heterocycles. The maximum absolute atomic E-state index is 6.10. The molecule has 0 aliphatic rings. The molecule has 1 nitrogen and oxygen atoms in total. The maximum Gasteiger partial charge on any atom is 0.0735 e. The van der Waals surface area contributed by atoms with E-state index < -0.39 is 0 Å². The number of H-pyrrole nitrogens is 1. The predicted molar refractivity (Wildman–Crippen MR) is 48.9 cm³/mol. The Morgan fingerprint density at radius 3 is 3.00 bits per heavy atom. The van der Waals surface area contributed by atoms with Gasteiger partial charge in [-0.3, -0.25) is 0 Å². The summed E-state index contributed by atoms with van der Waals surface area (Å²) < 4.78 is 0. The summed E-state index contributed by atoms with van der Waals surface area (Å²) in [5.74, 6) is 0. The summed E-state index contributed by atoms with van der Waals surface area (Å²) in [7, 11) is 0. The third-order valence-corrected chi connectivity index (χ3v) is 2.22. The Hall–Kier alpha value is -0.430. The highest BCUT2D eigenvalue weighted by Gasteiger charge is 2.06. The van der Waals surface area contributed by atoms with Gasteiger partial charge < -0.3 is 4.98 Å². The lowest BCUT2D eigenvalue weighted by molar-refractivity contribution is 0.692. The van der Waals surface area contributed by atoms with Gasteiger partial charge in [-0.15, -0.1) is 11.6 Å². The molecule has 1 aromatic rings. The quantitative estimate of drug-likeness (QED) is 0.668. The number of hydrogen-bond donors (Lipinski definition) is 1. The van der Waals surface area contributed by atoms with Crippen molar-refractivity contribution in [1.82, 2.24) is 4.98 Å². The summed E-state index contributed by atoms with van der Waals surface area (Å²) >= 11 is 6.10. The molecule has 1 unspecified atom stereocenters. The van der Waals surface area contributed by atoms with E-state index in [2.05, 4.69) is 11.9 Å². The lowest BCUT2D eigenvalue weighted by atomic mass is 10.1. The van der Waals surface area contributed by atoms with Gasteiger partial charge in [0.1, 0.15) is 0 Å². The first kappa shape index (κ1) is 8.66. The second-order valence-corrected chi connectivity index (χ2v) is 3.26. The van der Waals surface area contributed by atoms with Crippen molar-refractivity contribution in [1.29, 1.82) is 0 Å². The minimum absolute atomic E-state index is 0.171. The molecule has 0 fully saturated rings. The van der Waals surface area contributed by atoms with Crippen LogP contribution in [0.25, 0.3) is 0 Å². The molecule has 0 saturated carbocycles. The zero-order chi connectivity index (χ0) is 8.10. The first-order chi connectivity index (χ1) is 5.34. The van der Waals surface area contributed by atoms with E-state index in [1.807, 2.05) is 18.3 Å². The molecule has 62 valence electrons. The van der Waals surface area contributed by atoms with Crippen molar-refractivity contribution >= 4 is 11.6 Å². The minimum atomic E-state index is 0.171. The van der Waals surface area contributed by atoms with Gasteiger partial charge in [-0.2, -0.15) is 0 Å². The molecule has 0 aliphatic carbocycles. The van der Waals surface area contributed by atoms with Crippen LogP contribution in [0.3, 0.4) is 0 Å². The third-order valence-electron chi connectivity index (χ3n) is 1.77. The number of nitrogens with one attached hydrogen (secondary N) is 1. The fourth-order valence-electron chi connectivity index (χ4n) is 1.08. The third kappa shape index (κ3) is 2.58. The second-order valence-electron chi connectivity index (χ2n) is 2.74. The zero-order valence-electron chi connectivity index (χ0n) is 6.81. The van der Waals surface area contributed by atoms with E-state index in [1.54, 1.807) is 0 Å². The molecule has 1 N–H and O–H groups in total. The van der Waals surface area contributed by atoms with Gasteiger partial charge in [0.05, 0.1) is 5.38 Å². The molecule has 1 heterocycles. The van der Waals surface area contributed by atoms with Crippen molar-refractivity contribution in [3.05, 3.63) is 24.0 Å². The Morgan fingerprint density at radius 1 is 1.64 bits per heavy atom. The van der Waals surface area contributed by atoms with Gasteiger partial charge in [-0.25, -0.2) is 0 Å². The van der Waals surface area contributed by atoms with E-state index in [0.717, 1.165) is 12.1 Å². The van der Waals surface area contributed by atoms with Gasteiger partial charge in [0.2, 0.25) is 0 Å². The van der Waals surface area contributed by atoms with Crippen LogP contribution in [0.15, 0.2) is 18.3 Å². The van der Waals surface area contributed by atoms with Crippen LogP contribution in [0.2, 0.25) is 0 Å². The first-order valence-electron chi connectivity index (χ1n) is 4.12. The van der Waals surface area contributed by atoms with Crippen LogP contribution in [0.4, 0.5) is 0 Å². The van der Waals surface area contributed by atoms with Crippen molar-refractivity contribution in [3.8, 4) is 0 Å². The highest BCUT2D eigenvalue weighted by molar-refractivity contribution is 6.20. The number of rotatable bonds is 4. The van der Waals surface area contributed by atoms with Crippen LogP contribution in [0.1, 0.15) is 37.3 Å². The summed E-state index contributed by atoms with van der Waals surface area (Å²) in [6, 6.07) is 4.02. The highest BCUT2D eigenvalue weighted by atomic mass is 35.5. The van der Waals surface area contributed by atoms with Crippen molar-refractivity contribution in [2.75, 3.05) is 0 Å². The van der Waals surface area contributed by atoms with Gasteiger partial charge in [-0.05, 0) is 18.6 Å². The number of alkyl halides is 1. The SMILES string of the molecule is CCCCC(Cl)c1ccc[nH]1. The van der Waals surface area contributed by atoms with Crippen LogP contribution in [-0.2, 0) is 0 Å². The second kappa shape index (κ2) is 4.45. The molecule has 0 bridgehead atoms. The zero-order valence-corrected chi connectivity index (χ0v) is 7.56. The lowest BCUT2D eigenvalue weighted by Crippen LogP contribution is -1.89. The van der Waals surface area contributed by atoms with Crippen LogP contribution in [-0.4, -0.2) is 4.98 Å². The summed E-state index contributed by atoms with van der Waals surface area (Å²) in [6.07, 6.45) is 5.40. The largest absolute Gasteiger partial charge is 0.364 e. The predicted octanol–water partition coefficient (Wildman–Crippen LogP) is 3.48. The summed E-state index contributed by atoms with van der Waals surface area (Å²) in [5, 5.41) is 0.171. The normalized spacial score (nSPS) is 13.3. The molecule has 1 atom stereocenters. The van der Waals surface area contributed by atoms with Gasteiger partial charge in [-0.1, -0.05) is 19.8 Å². The average molecular weight is 172 g/mol. The fourth-order valence-corrected chi connectivity index (χ4v) is 1.37. The average Bonchev–Trinajstić information content (AvgIpc) is 2.52. The first-order valence-corrected chi connectivity index (χ1v) is 4.55. The number of aromatic nitrogens is 1. The number of aromatic amines is 1. The Balaban J connectivity index is 2.36. The van der Waals surface area contributed by atoms with E-state index >= 15 is 0 Å². The molecule has 0 aromatic carbocycles. The Morgan fingerprint density at radius 2 is 2.45 bits per heavy atom. The number of unbranched alkanes of at least 4 members (excludes halogenated alkanes) is 1. The molecular formula is C9H14ClN. The molecule has 0 amide bonds. The van der Waals surface area contributed by atoms with Crippen LogP contribution in [0, 0.1) is 0 Å². The molecule has 0 saturated heterocycles. The molecular weight excluding hydrogens is 158 g/mol. The Kier molecular flexibility index (Phi) is 3.50. The van der Waals surface area contributed by atoms with E-state index in [9.17, 15) is 0 Å². The maximum atomic E-state index is 6.10. The van der Waals surface area contributed by atoms with E-state index in [1.165, 1.54) is 12.8 Å². The van der Waals surface area contributed by atoms with Gasteiger partial charge in [0.25, 0.3) is 0 Å². The molecule has 1 rings (SSSR count). The Bertz CT molecular complexity index is 181. The molecule has 0 radical (unpaired) electrons. The van der Waals surface area contributed by atoms with Crippen molar-refractivity contribution < 1.29 is 0 Å². The van der Waals surface area contributed by atoms with Gasteiger partial charge >= 0.3 is 0 Å². The summed E-state index contributed by atoms with van der Waals surface area (Å²) in [5.41, 5.74) is 1.14. The van der Waals surface area contributed by atoms with Gasteiger partial charge in [0.15, 0.2) is 0 Å². The summed E-state index contributed by atoms with van der Waals surface area (Å²) in [4.78, 5) is 3.11. The molecule has 0 spiro atoms. The number of halogens is 1. The van der Waals surface area contributed by atoms with Gasteiger partial charge in [0, 0.05) is 11.9 Å². The van der Waals surface area contributed by atoms with Crippen LogP contribution >= 0.6 is 11.6 Å². The Labute approximate surface area is 72.8 Å². The lowest BCUT2D eigenvalue weighted by Gasteiger charge is -2.04. The molecule has 11 heavy (non-hydrogen) atoms. The highest BCUT2D eigenvalue weighted by Crippen LogP contribution is 2.24. The summed E-state index contributed by atoms with van der Waals surface area (Å²) in [6.45, 7) is 2.18. The molecule has 0 aliphatic heterocycles. The van der Waals surface area contributed by atoms with Crippen molar-refractivity contribution in [2.45, 2.75) is 31.6 Å².